The van der Waals surface area contributed by atoms with Crippen LogP contribution in [-0.4, -0.2) is 14.3 Å². The number of benzene rings is 3. The lowest BCUT2D eigenvalue weighted by Crippen LogP contribution is -2.13. The van der Waals surface area contributed by atoms with E-state index in [-0.39, 0.29) is 9.92 Å². The van der Waals surface area contributed by atoms with Crippen LogP contribution in [0.4, 0.5) is 5.69 Å². The van der Waals surface area contributed by atoms with E-state index < -0.39 is 15.9 Å². The number of primary sulfonamides is 1. The lowest BCUT2D eigenvalue weighted by molar-refractivity contribution is 0.102. The fourth-order valence-electron chi connectivity index (χ4n) is 2.37. The predicted octanol–water partition coefficient (Wildman–Crippen LogP) is 4.05. The molecule has 3 aromatic rings. The summed E-state index contributed by atoms with van der Waals surface area (Å²) in [6.07, 6.45) is 0. The Balaban J connectivity index is 2.03. The summed E-state index contributed by atoms with van der Waals surface area (Å²) < 4.78 is 23.1. The average Bonchev–Trinajstić information content (AvgIpc) is 2.56. The number of nitrogens with one attached hydrogen (secondary N) is 1. The van der Waals surface area contributed by atoms with E-state index in [4.69, 9.17) is 28.3 Å². The number of sulfonamides is 1. The zero-order valence-electron chi connectivity index (χ0n) is 12.7. The number of hydrogen-bond acceptors (Lipinski definition) is 3. The summed E-state index contributed by atoms with van der Waals surface area (Å²) in [5, 5.41) is 9.87. The van der Waals surface area contributed by atoms with Crippen LogP contribution in [0.2, 0.25) is 10.0 Å². The van der Waals surface area contributed by atoms with Crippen molar-refractivity contribution < 1.29 is 13.2 Å². The van der Waals surface area contributed by atoms with Gasteiger partial charge in [0.25, 0.3) is 5.91 Å². The van der Waals surface area contributed by atoms with E-state index in [9.17, 15) is 13.2 Å². The monoisotopic (exact) mass is 394 g/mol. The molecule has 1 amide bonds. The van der Waals surface area contributed by atoms with Gasteiger partial charge < -0.3 is 5.32 Å². The molecule has 8 heteroatoms. The highest BCUT2D eigenvalue weighted by Gasteiger charge is 2.13. The van der Waals surface area contributed by atoms with Crippen LogP contribution in [0.1, 0.15) is 10.4 Å². The van der Waals surface area contributed by atoms with Crippen LogP contribution in [0.5, 0.6) is 0 Å². The van der Waals surface area contributed by atoms with Crippen LogP contribution < -0.4 is 10.5 Å². The minimum absolute atomic E-state index is 0.0313. The second-order valence-corrected chi connectivity index (χ2v) is 7.69. The van der Waals surface area contributed by atoms with Gasteiger partial charge >= 0.3 is 0 Å². The fraction of sp³-hybridized carbons (Fsp3) is 0. The molecule has 3 N–H and O–H groups in total. The van der Waals surface area contributed by atoms with E-state index in [1.165, 1.54) is 24.3 Å². The summed E-state index contributed by atoms with van der Waals surface area (Å²) in [6.45, 7) is 0. The molecule has 0 aromatic heterocycles. The van der Waals surface area contributed by atoms with Gasteiger partial charge in [-0.05, 0) is 41.8 Å². The van der Waals surface area contributed by atoms with Crippen molar-refractivity contribution in [2.24, 2.45) is 5.14 Å². The van der Waals surface area contributed by atoms with Crippen LogP contribution in [-0.2, 0) is 10.0 Å². The molecule has 0 fully saturated rings. The smallest absolute Gasteiger partial charge is 0.255 e. The van der Waals surface area contributed by atoms with Crippen LogP contribution >= 0.6 is 23.2 Å². The highest BCUT2D eigenvalue weighted by molar-refractivity contribution is 7.89. The van der Waals surface area contributed by atoms with Crippen molar-refractivity contribution in [3.05, 3.63) is 70.2 Å². The predicted molar refractivity (Wildman–Crippen MR) is 99.7 cm³/mol. The number of hydrogen-bond donors (Lipinski definition) is 2. The van der Waals surface area contributed by atoms with E-state index in [0.717, 1.165) is 5.39 Å². The molecule has 0 spiro atoms. The highest BCUT2D eigenvalue weighted by atomic mass is 35.5. The van der Waals surface area contributed by atoms with Gasteiger partial charge in [0, 0.05) is 16.6 Å². The molecule has 0 atom stereocenters. The van der Waals surface area contributed by atoms with E-state index in [1.54, 1.807) is 30.3 Å². The first-order valence-corrected chi connectivity index (χ1v) is 9.38. The molecule has 0 aliphatic rings. The number of rotatable bonds is 3. The lowest BCUT2D eigenvalue weighted by Gasteiger charge is -2.10. The van der Waals surface area contributed by atoms with Crippen LogP contribution in [0.25, 0.3) is 10.8 Å². The van der Waals surface area contributed by atoms with Gasteiger partial charge in [0.1, 0.15) is 0 Å². The Morgan fingerprint density at radius 3 is 2.40 bits per heavy atom. The molecule has 0 saturated heterocycles. The summed E-state index contributed by atoms with van der Waals surface area (Å²) in [5.74, 6) is -0.396. The number of amides is 1. The Bertz CT molecular complexity index is 1100. The van der Waals surface area contributed by atoms with Gasteiger partial charge in [0.2, 0.25) is 10.0 Å². The lowest BCUT2D eigenvalue weighted by atomic mass is 10.1. The standard InChI is InChI=1S/C17H12Cl2N2O3S/c18-14-7-5-11(8-15(14)19)17(22)21-16-3-1-2-10-4-6-12(9-13(10)16)25(20,23)24/h1-9H,(H,21,22)(H2,20,23,24). The van der Waals surface area contributed by atoms with Crippen molar-refractivity contribution in [2.75, 3.05) is 5.32 Å². The summed E-state index contributed by atoms with van der Waals surface area (Å²) in [5.41, 5.74) is 0.785. The van der Waals surface area contributed by atoms with Gasteiger partial charge in [0.05, 0.1) is 14.9 Å². The molecule has 0 radical (unpaired) electrons. The maximum atomic E-state index is 12.4. The molecule has 3 aromatic carbocycles. The summed E-state index contributed by atoms with van der Waals surface area (Å²) >= 11 is 11.8. The topological polar surface area (TPSA) is 89.3 Å². The number of halogens is 2. The molecule has 0 unspecified atom stereocenters. The summed E-state index contributed by atoms with van der Waals surface area (Å²) in [6, 6.07) is 14.2. The molecule has 5 nitrogen and oxygen atoms in total. The zero-order chi connectivity index (χ0) is 18.2. The minimum atomic E-state index is -3.85. The SMILES string of the molecule is NS(=O)(=O)c1ccc2cccc(NC(=O)c3ccc(Cl)c(Cl)c3)c2c1. The van der Waals surface area contributed by atoms with Crippen LogP contribution in [0, 0.1) is 0 Å². The van der Waals surface area contributed by atoms with E-state index >= 15 is 0 Å². The van der Waals surface area contributed by atoms with Gasteiger partial charge in [-0.1, -0.05) is 41.4 Å². The van der Waals surface area contributed by atoms with E-state index in [1.807, 2.05) is 0 Å². The van der Waals surface area contributed by atoms with E-state index in [2.05, 4.69) is 5.32 Å². The molecule has 3 rings (SSSR count). The first kappa shape index (κ1) is 17.7. The average molecular weight is 395 g/mol. The number of nitrogens with two attached hydrogens (primary N) is 1. The summed E-state index contributed by atoms with van der Waals surface area (Å²) in [7, 11) is -3.85. The second kappa shape index (κ2) is 6.65. The van der Waals surface area contributed by atoms with Crippen molar-refractivity contribution in [1.82, 2.24) is 0 Å². The maximum absolute atomic E-state index is 12.4. The molecular weight excluding hydrogens is 383 g/mol. The number of carbonyl (C=O) groups is 1. The molecule has 0 bridgehead atoms. The first-order valence-electron chi connectivity index (χ1n) is 7.08. The third-order valence-electron chi connectivity index (χ3n) is 3.61. The van der Waals surface area contributed by atoms with Crippen molar-refractivity contribution in [2.45, 2.75) is 4.90 Å². The zero-order valence-corrected chi connectivity index (χ0v) is 15.0. The van der Waals surface area contributed by atoms with Gasteiger partial charge in [-0.25, -0.2) is 13.6 Å². The molecule has 25 heavy (non-hydrogen) atoms. The van der Waals surface area contributed by atoms with Crippen molar-refractivity contribution >= 4 is 55.6 Å². The fourth-order valence-corrected chi connectivity index (χ4v) is 3.21. The number of fused-ring (bicyclic) bond motifs is 1. The Morgan fingerprint density at radius 2 is 1.72 bits per heavy atom. The Kier molecular flexibility index (Phi) is 4.71. The maximum Gasteiger partial charge on any atom is 0.255 e. The number of carbonyl (C=O) groups excluding carboxylic acids is 1. The van der Waals surface area contributed by atoms with Gasteiger partial charge in [-0.3, -0.25) is 4.79 Å². The Labute approximate surface area is 154 Å². The van der Waals surface area contributed by atoms with Crippen LogP contribution in [0.3, 0.4) is 0 Å². The first-order chi connectivity index (χ1) is 11.8. The third kappa shape index (κ3) is 3.77. The van der Waals surface area contributed by atoms with Crippen LogP contribution in [0.15, 0.2) is 59.5 Å². The van der Waals surface area contributed by atoms with E-state index in [0.29, 0.717) is 21.7 Å². The quantitative estimate of drug-likeness (QED) is 0.701. The van der Waals surface area contributed by atoms with Gasteiger partial charge in [-0.15, -0.1) is 0 Å². The van der Waals surface area contributed by atoms with Gasteiger partial charge in [-0.2, -0.15) is 0 Å². The van der Waals surface area contributed by atoms with Crippen molar-refractivity contribution in [3.63, 3.8) is 0 Å². The normalized spacial score (nSPS) is 11.5. The largest absolute Gasteiger partial charge is 0.321 e. The molecular formula is C17H12Cl2N2O3S. The Hall–Kier alpha value is -2.12. The summed E-state index contributed by atoms with van der Waals surface area (Å²) in [4.78, 5) is 12.4. The third-order valence-corrected chi connectivity index (χ3v) is 5.26. The van der Waals surface area contributed by atoms with Crippen molar-refractivity contribution in [1.29, 1.82) is 0 Å². The molecule has 0 aliphatic carbocycles. The van der Waals surface area contributed by atoms with Gasteiger partial charge in [0.15, 0.2) is 0 Å². The highest BCUT2D eigenvalue weighted by Crippen LogP contribution is 2.27. The molecule has 128 valence electrons. The molecule has 0 aliphatic heterocycles. The molecule has 0 saturated carbocycles. The van der Waals surface area contributed by atoms with Crippen molar-refractivity contribution in [3.8, 4) is 0 Å². The minimum Gasteiger partial charge on any atom is -0.321 e. The molecule has 0 heterocycles. The number of anilines is 1. The second-order valence-electron chi connectivity index (χ2n) is 5.32. The Morgan fingerprint density at radius 1 is 0.960 bits per heavy atom.